The summed E-state index contributed by atoms with van der Waals surface area (Å²) in [6, 6.07) is 9.18. The summed E-state index contributed by atoms with van der Waals surface area (Å²) in [5, 5.41) is 34.1. The highest BCUT2D eigenvalue weighted by molar-refractivity contribution is 8.13. The van der Waals surface area contributed by atoms with Crippen molar-refractivity contribution in [3.8, 4) is 0 Å². The molecule has 41 heavy (non-hydrogen) atoms. The molecule has 2 aromatic heterocycles. The molecule has 1 aliphatic rings. The van der Waals surface area contributed by atoms with Crippen LogP contribution in [0.4, 0.5) is 5.82 Å². The normalized spacial score (nSPS) is 24.5. The Balaban J connectivity index is 1.44. The van der Waals surface area contributed by atoms with Gasteiger partial charge in [0.15, 0.2) is 22.8 Å². The highest BCUT2D eigenvalue weighted by Crippen LogP contribution is 2.47. The Bertz CT molecular complexity index is 1390. The van der Waals surface area contributed by atoms with Gasteiger partial charge in [0.25, 0.3) is 0 Å². The fourth-order valence-electron chi connectivity index (χ4n) is 4.06. The number of hydrogen-bond acceptors (Lipinski definition) is 13. The molecule has 6 N–H and O–H groups in total. The second-order valence-electron chi connectivity index (χ2n) is 10.4. The van der Waals surface area contributed by atoms with E-state index >= 15 is 0 Å². The van der Waals surface area contributed by atoms with Crippen LogP contribution in [0, 0.1) is 5.41 Å². The van der Waals surface area contributed by atoms with Crippen LogP contribution in [0.5, 0.6) is 0 Å². The molecule has 2 unspecified atom stereocenters. The molecule has 0 radical (unpaired) electrons. The van der Waals surface area contributed by atoms with E-state index in [0.717, 1.165) is 17.3 Å². The maximum absolute atomic E-state index is 13.7. The number of fused-ring (bicyclic) bond motifs is 1. The van der Waals surface area contributed by atoms with Gasteiger partial charge in [-0.2, -0.15) is 0 Å². The Morgan fingerprint density at radius 3 is 2.71 bits per heavy atom. The van der Waals surface area contributed by atoms with Crippen molar-refractivity contribution in [1.82, 2.24) is 24.6 Å². The standard InChI is InChI=1S/C25H35N6O8PS/c1-24(2,13-32)23(34)41-10-9-37-40(36,30-11-16-7-5-4-6-8-16)38-12-17-19(33)25(3,35)22(39-17)31-15-29-18-20(26)27-14-28-21(18)31/h4-8,14-15,17,19,22,32-33,35H,9-13H2,1-3H3,(H,30,36)(H2,26,27,28)/t17-,19?,22-,25+,40?/m1/s1. The van der Waals surface area contributed by atoms with Crippen LogP contribution in [-0.2, 0) is 29.7 Å². The molecule has 0 bridgehead atoms. The first kappa shape index (κ1) is 31.5. The Labute approximate surface area is 241 Å². The van der Waals surface area contributed by atoms with Crippen LogP contribution >= 0.6 is 19.5 Å². The average molecular weight is 611 g/mol. The Morgan fingerprint density at radius 1 is 1.27 bits per heavy atom. The summed E-state index contributed by atoms with van der Waals surface area (Å²) in [4.78, 5) is 24.6. The van der Waals surface area contributed by atoms with E-state index in [1.165, 1.54) is 24.1 Å². The average Bonchev–Trinajstić information content (AvgIpc) is 3.48. The van der Waals surface area contributed by atoms with Gasteiger partial charge >= 0.3 is 7.75 Å². The topological polar surface area (TPSA) is 204 Å². The number of benzene rings is 1. The molecule has 14 nitrogen and oxygen atoms in total. The first-order valence-electron chi connectivity index (χ1n) is 12.8. The lowest BCUT2D eigenvalue weighted by molar-refractivity contribution is -0.119. The van der Waals surface area contributed by atoms with Crippen molar-refractivity contribution in [3.05, 3.63) is 48.5 Å². The van der Waals surface area contributed by atoms with E-state index < -0.39 is 43.8 Å². The lowest BCUT2D eigenvalue weighted by atomic mass is 9.96. The maximum Gasteiger partial charge on any atom is 0.405 e. The number of imidazole rings is 1. The van der Waals surface area contributed by atoms with Gasteiger partial charge in [-0.25, -0.2) is 24.6 Å². The molecule has 5 atom stereocenters. The molecule has 16 heteroatoms. The smallest absolute Gasteiger partial charge is 0.395 e. The minimum atomic E-state index is -3.99. The minimum absolute atomic E-state index is 0.104. The number of aliphatic hydroxyl groups is 3. The molecule has 0 saturated carbocycles. The fraction of sp³-hybridized carbons (Fsp3) is 0.520. The molecule has 1 aromatic carbocycles. The molecule has 3 heterocycles. The van der Waals surface area contributed by atoms with Gasteiger partial charge in [0.2, 0.25) is 0 Å². The number of ether oxygens (including phenoxy) is 1. The molecular weight excluding hydrogens is 575 g/mol. The molecule has 0 amide bonds. The van der Waals surface area contributed by atoms with E-state index in [2.05, 4.69) is 20.0 Å². The largest absolute Gasteiger partial charge is 0.405 e. The minimum Gasteiger partial charge on any atom is -0.395 e. The monoisotopic (exact) mass is 610 g/mol. The first-order chi connectivity index (χ1) is 19.4. The number of nitrogens with zero attached hydrogens (tertiary/aromatic N) is 4. The summed E-state index contributed by atoms with van der Waals surface area (Å²) < 4.78 is 32.4. The SMILES string of the molecule is CC(C)(CO)C(=O)SCCOP(=O)(NCc1ccccc1)OC[C@H]1O[C@@H](n2cnc3c(N)ncnc32)[C@@](C)(O)C1O. The van der Waals surface area contributed by atoms with E-state index in [1.807, 2.05) is 30.3 Å². The summed E-state index contributed by atoms with van der Waals surface area (Å²) in [5.74, 6) is 0.315. The molecule has 3 aromatic rings. The van der Waals surface area contributed by atoms with Gasteiger partial charge in [-0.05, 0) is 26.3 Å². The van der Waals surface area contributed by atoms with Crippen molar-refractivity contribution >= 4 is 41.6 Å². The summed E-state index contributed by atoms with van der Waals surface area (Å²) in [6.07, 6.45) is -1.06. The van der Waals surface area contributed by atoms with Gasteiger partial charge in [0.1, 0.15) is 29.7 Å². The van der Waals surface area contributed by atoms with Crippen LogP contribution in [0.1, 0.15) is 32.6 Å². The number of aliphatic hydroxyl groups excluding tert-OH is 2. The number of thioether (sulfide) groups is 1. The van der Waals surface area contributed by atoms with E-state index in [-0.39, 0.29) is 36.4 Å². The summed E-state index contributed by atoms with van der Waals surface area (Å²) in [6.45, 7) is 3.99. The van der Waals surface area contributed by atoms with Crippen molar-refractivity contribution in [2.24, 2.45) is 5.41 Å². The third-order valence-electron chi connectivity index (χ3n) is 6.65. The third-order valence-corrected chi connectivity index (χ3v) is 9.39. The number of rotatable bonds is 13. The van der Waals surface area contributed by atoms with Crippen LogP contribution in [0.25, 0.3) is 11.2 Å². The molecule has 224 valence electrons. The third kappa shape index (κ3) is 7.13. The van der Waals surface area contributed by atoms with Crippen LogP contribution in [0.3, 0.4) is 0 Å². The highest BCUT2D eigenvalue weighted by atomic mass is 32.2. The predicted octanol–water partition coefficient (Wildman–Crippen LogP) is 1.63. The lowest BCUT2D eigenvalue weighted by Gasteiger charge is -2.27. The summed E-state index contributed by atoms with van der Waals surface area (Å²) >= 11 is 0.953. The number of carbonyl (C=O) groups is 1. The van der Waals surface area contributed by atoms with E-state index in [0.29, 0.717) is 11.2 Å². The fourth-order valence-corrected chi connectivity index (χ4v) is 6.29. The molecule has 1 aliphatic heterocycles. The maximum atomic E-state index is 13.7. The number of anilines is 1. The Hall–Kier alpha value is -2.46. The zero-order valence-electron chi connectivity index (χ0n) is 22.9. The first-order valence-corrected chi connectivity index (χ1v) is 15.4. The Kier molecular flexibility index (Phi) is 9.84. The van der Waals surface area contributed by atoms with Gasteiger partial charge in [0.05, 0.1) is 31.6 Å². The molecular formula is C25H35N6O8PS. The van der Waals surface area contributed by atoms with Gasteiger partial charge in [-0.15, -0.1) is 0 Å². The molecule has 4 rings (SSSR count). The number of carbonyl (C=O) groups excluding carboxylic acids is 1. The van der Waals surface area contributed by atoms with E-state index in [1.54, 1.807) is 13.8 Å². The summed E-state index contributed by atoms with van der Waals surface area (Å²) in [5.41, 5.74) is 4.57. The molecule has 0 aliphatic carbocycles. The van der Waals surface area contributed by atoms with Crippen molar-refractivity contribution in [1.29, 1.82) is 0 Å². The molecule has 1 saturated heterocycles. The van der Waals surface area contributed by atoms with Crippen LogP contribution in [-0.4, -0.2) is 83.3 Å². The van der Waals surface area contributed by atoms with Crippen molar-refractivity contribution in [2.45, 2.75) is 51.4 Å². The zero-order chi connectivity index (χ0) is 29.8. The molecule has 0 spiro atoms. The number of nitrogen functional groups attached to an aromatic ring is 1. The number of aromatic nitrogens is 4. The van der Waals surface area contributed by atoms with Crippen LogP contribution < -0.4 is 10.8 Å². The molecule has 1 fully saturated rings. The van der Waals surface area contributed by atoms with Gasteiger partial charge in [-0.1, -0.05) is 42.1 Å². The highest BCUT2D eigenvalue weighted by Gasteiger charge is 2.54. The van der Waals surface area contributed by atoms with Gasteiger partial charge < -0.3 is 25.8 Å². The van der Waals surface area contributed by atoms with Crippen molar-refractivity contribution in [2.75, 3.05) is 31.3 Å². The quantitative estimate of drug-likeness (QED) is 0.138. The lowest BCUT2D eigenvalue weighted by Crippen LogP contribution is -2.44. The number of nitrogens with two attached hydrogens (primary N) is 1. The second kappa shape index (κ2) is 12.8. The van der Waals surface area contributed by atoms with Crippen LogP contribution in [0.2, 0.25) is 0 Å². The second-order valence-corrected chi connectivity index (χ2v) is 13.3. The van der Waals surface area contributed by atoms with Gasteiger partial charge in [-0.3, -0.25) is 18.4 Å². The Morgan fingerprint density at radius 2 is 2.00 bits per heavy atom. The van der Waals surface area contributed by atoms with Crippen LogP contribution in [0.15, 0.2) is 43.0 Å². The van der Waals surface area contributed by atoms with E-state index in [9.17, 15) is 24.7 Å². The van der Waals surface area contributed by atoms with Crippen molar-refractivity contribution < 1.29 is 38.5 Å². The van der Waals surface area contributed by atoms with Gasteiger partial charge in [0, 0.05) is 12.3 Å². The zero-order valence-corrected chi connectivity index (χ0v) is 24.6. The van der Waals surface area contributed by atoms with E-state index in [4.69, 9.17) is 19.5 Å². The predicted molar refractivity (Wildman–Crippen MR) is 151 cm³/mol. The van der Waals surface area contributed by atoms with Crippen molar-refractivity contribution in [3.63, 3.8) is 0 Å². The number of nitrogens with one attached hydrogen (secondary N) is 1. The summed E-state index contributed by atoms with van der Waals surface area (Å²) in [7, 11) is -3.99. The number of hydrogen-bond donors (Lipinski definition) is 5.